The lowest BCUT2D eigenvalue weighted by Crippen LogP contribution is -1.94. The fourth-order valence-electron chi connectivity index (χ4n) is 6.57. The van der Waals surface area contributed by atoms with E-state index in [0.717, 1.165) is 0 Å². The molecule has 0 aliphatic carbocycles. The van der Waals surface area contributed by atoms with Crippen LogP contribution < -0.4 is 0 Å². The maximum absolute atomic E-state index is 2.50. The van der Waals surface area contributed by atoms with Crippen LogP contribution in [0.2, 0.25) is 0 Å². The molecule has 0 radical (unpaired) electrons. The van der Waals surface area contributed by atoms with Crippen LogP contribution in [-0.2, 0) is 0 Å². The normalized spacial score (nSPS) is 12.0. The third kappa shape index (κ3) is 3.03. The van der Waals surface area contributed by atoms with Crippen LogP contribution in [0.5, 0.6) is 0 Å². The first-order valence-corrected chi connectivity index (χ1v) is 14.5. The summed E-state index contributed by atoms with van der Waals surface area (Å²) in [5.41, 5.74) is 6.25. The topological polar surface area (TPSA) is 4.93 Å². The fourth-order valence-corrected chi connectivity index (χ4v) is 7.87. The van der Waals surface area contributed by atoms with Crippen molar-refractivity contribution in [3.8, 4) is 16.8 Å². The molecule has 0 fully saturated rings. The van der Waals surface area contributed by atoms with Crippen LogP contribution in [0, 0.1) is 0 Å². The number of hydrogen-bond donors (Lipinski definition) is 0. The average molecular weight is 526 g/mol. The molecule has 7 aromatic carbocycles. The molecule has 2 heteroatoms. The minimum absolute atomic E-state index is 1.20. The lowest BCUT2D eigenvalue weighted by atomic mass is 9.98. The van der Waals surface area contributed by atoms with Crippen LogP contribution in [0.3, 0.4) is 0 Å². The molecule has 0 saturated carbocycles. The van der Waals surface area contributed by atoms with Crippen molar-refractivity contribution in [3.63, 3.8) is 0 Å². The van der Waals surface area contributed by atoms with Gasteiger partial charge < -0.3 is 4.57 Å². The molecule has 0 N–H and O–H groups in total. The molecule has 9 rings (SSSR count). The first-order valence-electron chi connectivity index (χ1n) is 13.7. The van der Waals surface area contributed by atoms with E-state index >= 15 is 0 Å². The summed E-state index contributed by atoms with van der Waals surface area (Å²) in [7, 11) is 0. The third-order valence-corrected chi connectivity index (χ3v) is 9.50. The van der Waals surface area contributed by atoms with E-state index in [1.54, 1.807) is 0 Å². The third-order valence-electron chi connectivity index (χ3n) is 8.34. The highest BCUT2D eigenvalue weighted by Crippen LogP contribution is 2.48. The molecular formula is C38H23NS. The number of hydrogen-bond acceptors (Lipinski definition) is 1. The van der Waals surface area contributed by atoms with Gasteiger partial charge in [-0.1, -0.05) is 115 Å². The highest BCUT2D eigenvalue weighted by atomic mass is 32.1. The molecule has 0 atom stereocenters. The van der Waals surface area contributed by atoms with Gasteiger partial charge in [0.2, 0.25) is 0 Å². The molecule has 0 aliphatic rings. The summed E-state index contributed by atoms with van der Waals surface area (Å²) in [5.74, 6) is 0. The van der Waals surface area contributed by atoms with E-state index in [1.165, 1.54) is 80.3 Å². The molecule has 1 nitrogen and oxygen atoms in total. The zero-order valence-corrected chi connectivity index (χ0v) is 22.5. The molecule has 0 unspecified atom stereocenters. The zero-order chi connectivity index (χ0) is 26.2. The zero-order valence-electron chi connectivity index (χ0n) is 21.6. The number of fused-ring (bicyclic) bond motifs is 11. The van der Waals surface area contributed by atoms with E-state index in [1.807, 2.05) is 11.3 Å². The highest BCUT2D eigenvalue weighted by Gasteiger charge is 2.21. The minimum atomic E-state index is 1.20. The Bertz CT molecular complexity index is 2420. The van der Waals surface area contributed by atoms with Crippen LogP contribution >= 0.6 is 11.3 Å². The van der Waals surface area contributed by atoms with Crippen LogP contribution in [0.15, 0.2) is 140 Å². The van der Waals surface area contributed by atoms with E-state index < -0.39 is 0 Å². The molecule has 0 amide bonds. The summed E-state index contributed by atoms with van der Waals surface area (Å²) in [6, 6.07) is 51.0. The number of thiophene rings is 1. The van der Waals surface area contributed by atoms with Gasteiger partial charge in [-0.3, -0.25) is 0 Å². The monoisotopic (exact) mass is 525 g/mol. The van der Waals surface area contributed by atoms with Crippen molar-refractivity contribution in [1.82, 2.24) is 4.57 Å². The quantitative estimate of drug-likeness (QED) is 0.211. The number of rotatable bonds is 2. The molecule has 9 aromatic rings. The Morgan fingerprint density at radius 2 is 1.15 bits per heavy atom. The van der Waals surface area contributed by atoms with Gasteiger partial charge in [0.1, 0.15) is 0 Å². The van der Waals surface area contributed by atoms with Crippen LogP contribution in [0.4, 0.5) is 0 Å². The number of aromatic nitrogens is 1. The molecule has 0 bridgehead atoms. The summed E-state index contributed by atoms with van der Waals surface area (Å²) in [6.07, 6.45) is 0. The summed E-state index contributed by atoms with van der Waals surface area (Å²) in [4.78, 5) is 0. The van der Waals surface area contributed by atoms with E-state index in [0.29, 0.717) is 0 Å². The second-order valence-corrected chi connectivity index (χ2v) is 11.6. The Morgan fingerprint density at radius 3 is 2.00 bits per heavy atom. The predicted octanol–water partition coefficient (Wildman–Crippen LogP) is 11.1. The Balaban J connectivity index is 1.49. The fraction of sp³-hybridized carbons (Fsp3) is 0. The summed E-state index contributed by atoms with van der Waals surface area (Å²) in [6.45, 7) is 0. The molecule has 0 saturated heterocycles. The molecule has 0 spiro atoms. The van der Waals surface area contributed by atoms with Gasteiger partial charge in [0.15, 0.2) is 0 Å². The van der Waals surface area contributed by atoms with Crippen molar-refractivity contribution < 1.29 is 0 Å². The first-order chi connectivity index (χ1) is 19.8. The van der Waals surface area contributed by atoms with Crippen LogP contribution in [-0.4, -0.2) is 4.57 Å². The van der Waals surface area contributed by atoms with Crippen molar-refractivity contribution >= 4 is 74.9 Å². The van der Waals surface area contributed by atoms with Crippen LogP contribution in [0.1, 0.15) is 0 Å². The largest absolute Gasteiger partial charge is 0.308 e. The van der Waals surface area contributed by atoms with Crippen molar-refractivity contribution in [2.75, 3.05) is 0 Å². The average Bonchev–Trinajstić information content (AvgIpc) is 3.58. The SMILES string of the molecule is c1ccc(-c2ccc3c(c2)sc2c3c3ccccc3c3c4ccccc4n(-c4ccc5ccccc5c4)c23)cc1. The Labute approximate surface area is 235 Å². The van der Waals surface area contributed by atoms with Gasteiger partial charge in [-0.2, -0.15) is 0 Å². The number of nitrogens with zero attached hydrogens (tertiary/aromatic N) is 1. The standard InChI is InChI=1S/C38H23NS/c1-2-10-24(11-3-1)27-19-21-32-34(23-27)40-38-36(32)30-15-7-6-14-29(30)35-31-16-8-9-17-33(31)39(37(35)38)28-20-18-25-12-4-5-13-26(25)22-28/h1-23H. The van der Waals surface area contributed by atoms with Gasteiger partial charge in [0.25, 0.3) is 0 Å². The maximum Gasteiger partial charge on any atom is 0.0726 e. The maximum atomic E-state index is 2.50. The molecule has 2 aromatic heterocycles. The van der Waals surface area contributed by atoms with E-state index in [-0.39, 0.29) is 0 Å². The van der Waals surface area contributed by atoms with E-state index in [2.05, 4.69) is 144 Å². The lowest BCUT2D eigenvalue weighted by molar-refractivity contribution is 1.19. The van der Waals surface area contributed by atoms with Crippen molar-refractivity contribution in [1.29, 1.82) is 0 Å². The van der Waals surface area contributed by atoms with Crippen LogP contribution in [0.25, 0.3) is 80.3 Å². The van der Waals surface area contributed by atoms with Gasteiger partial charge in [-0.15, -0.1) is 11.3 Å². The summed E-state index contributed by atoms with van der Waals surface area (Å²) in [5, 5.41) is 10.5. The second kappa shape index (κ2) is 8.29. The van der Waals surface area contributed by atoms with Gasteiger partial charge in [-0.25, -0.2) is 0 Å². The Kier molecular flexibility index (Phi) is 4.55. The van der Waals surface area contributed by atoms with Gasteiger partial charge in [-0.05, 0) is 56.9 Å². The highest BCUT2D eigenvalue weighted by molar-refractivity contribution is 7.27. The van der Waals surface area contributed by atoms with Gasteiger partial charge in [0.05, 0.1) is 15.7 Å². The molecule has 40 heavy (non-hydrogen) atoms. The minimum Gasteiger partial charge on any atom is -0.308 e. The predicted molar refractivity (Wildman–Crippen MR) is 174 cm³/mol. The van der Waals surface area contributed by atoms with Crippen molar-refractivity contribution in [2.45, 2.75) is 0 Å². The van der Waals surface area contributed by atoms with E-state index in [4.69, 9.17) is 0 Å². The Hall–Kier alpha value is -4.92. The molecule has 0 aliphatic heterocycles. The van der Waals surface area contributed by atoms with Gasteiger partial charge in [0, 0.05) is 31.9 Å². The van der Waals surface area contributed by atoms with Crippen molar-refractivity contribution in [2.24, 2.45) is 0 Å². The smallest absolute Gasteiger partial charge is 0.0726 e. The first kappa shape index (κ1) is 22.0. The molecule has 2 heterocycles. The Morgan fingerprint density at radius 1 is 0.450 bits per heavy atom. The number of para-hydroxylation sites is 1. The second-order valence-electron chi connectivity index (χ2n) is 10.5. The van der Waals surface area contributed by atoms with Crippen molar-refractivity contribution in [3.05, 3.63) is 140 Å². The summed E-state index contributed by atoms with van der Waals surface area (Å²) >= 11 is 1.92. The van der Waals surface area contributed by atoms with E-state index in [9.17, 15) is 0 Å². The lowest BCUT2D eigenvalue weighted by Gasteiger charge is -2.11. The van der Waals surface area contributed by atoms with Gasteiger partial charge >= 0.3 is 0 Å². The number of benzene rings is 7. The molecular weight excluding hydrogens is 502 g/mol. The summed E-state index contributed by atoms with van der Waals surface area (Å²) < 4.78 is 5.17. The molecule has 186 valence electrons.